The Morgan fingerprint density at radius 1 is 1.70 bits per heavy atom. The van der Waals surface area contributed by atoms with Gasteiger partial charge < -0.3 is 10.6 Å². The molecule has 0 heterocycles. The summed E-state index contributed by atoms with van der Waals surface area (Å²) in [5, 5.41) is 8.54. The zero-order chi connectivity index (χ0) is 8.20. The van der Waals surface area contributed by atoms with E-state index in [0.29, 0.717) is 6.54 Å². The molecular formula is C7H15N3. The lowest BCUT2D eigenvalue weighted by Crippen LogP contribution is -2.45. The molecule has 0 radical (unpaired) electrons. The van der Waals surface area contributed by atoms with E-state index in [0.717, 1.165) is 6.54 Å². The molecule has 0 aliphatic heterocycles. The van der Waals surface area contributed by atoms with Gasteiger partial charge in [-0.15, -0.1) is 0 Å². The zero-order valence-corrected chi connectivity index (χ0v) is 6.89. The van der Waals surface area contributed by atoms with Crippen LogP contribution in [0.2, 0.25) is 0 Å². The SMILES string of the molecule is CCN(C)CC(C)(N)C#N. The van der Waals surface area contributed by atoms with E-state index in [1.807, 2.05) is 24.9 Å². The molecule has 0 aromatic carbocycles. The molecule has 3 nitrogen and oxygen atoms in total. The van der Waals surface area contributed by atoms with Crippen LogP contribution in [0.5, 0.6) is 0 Å². The van der Waals surface area contributed by atoms with E-state index in [-0.39, 0.29) is 0 Å². The smallest absolute Gasteiger partial charge is 0.114 e. The first-order chi connectivity index (χ1) is 4.52. The molecule has 0 aliphatic rings. The van der Waals surface area contributed by atoms with Crippen molar-refractivity contribution >= 4 is 0 Å². The summed E-state index contributed by atoms with van der Waals surface area (Å²) in [6.07, 6.45) is 0. The fourth-order valence-corrected chi connectivity index (χ4v) is 0.708. The Bertz CT molecular complexity index is 134. The van der Waals surface area contributed by atoms with Crippen LogP contribution in [0.1, 0.15) is 13.8 Å². The molecule has 10 heavy (non-hydrogen) atoms. The van der Waals surface area contributed by atoms with E-state index in [9.17, 15) is 0 Å². The van der Waals surface area contributed by atoms with Crippen molar-refractivity contribution in [3.8, 4) is 6.07 Å². The van der Waals surface area contributed by atoms with Gasteiger partial charge in [0.2, 0.25) is 0 Å². The predicted octanol–water partition coefficient (Wildman–Crippen LogP) is 0.179. The summed E-state index contributed by atoms with van der Waals surface area (Å²) in [5.74, 6) is 0. The lowest BCUT2D eigenvalue weighted by Gasteiger charge is -2.22. The Balaban J connectivity index is 3.79. The Labute approximate surface area is 62.4 Å². The normalized spacial score (nSPS) is 16.4. The van der Waals surface area contributed by atoms with E-state index in [2.05, 4.69) is 0 Å². The van der Waals surface area contributed by atoms with Gasteiger partial charge in [-0.05, 0) is 20.5 Å². The van der Waals surface area contributed by atoms with Gasteiger partial charge in [-0.3, -0.25) is 0 Å². The van der Waals surface area contributed by atoms with Crippen molar-refractivity contribution in [2.45, 2.75) is 19.4 Å². The minimum absolute atomic E-state index is 0.625. The van der Waals surface area contributed by atoms with Gasteiger partial charge in [-0.25, -0.2) is 0 Å². The summed E-state index contributed by atoms with van der Waals surface area (Å²) in [7, 11) is 1.95. The van der Waals surface area contributed by atoms with Crippen molar-refractivity contribution in [1.82, 2.24) is 4.90 Å². The molecule has 1 atom stereocenters. The first kappa shape index (κ1) is 9.41. The molecule has 0 spiro atoms. The molecule has 2 N–H and O–H groups in total. The van der Waals surface area contributed by atoms with Crippen molar-refractivity contribution in [2.75, 3.05) is 20.1 Å². The Hall–Kier alpha value is -0.590. The number of likely N-dealkylation sites (N-methyl/N-ethyl adjacent to an activating group) is 1. The van der Waals surface area contributed by atoms with Gasteiger partial charge in [-0.2, -0.15) is 5.26 Å². The van der Waals surface area contributed by atoms with Crippen LogP contribution in [0.15, 0.2) is 0 Å². The maximum absolute atomic E-state index is 8.54. The van der Waals surface area contributed by atoms with Crippen LogP contribution in [0.25, 0.3) is 0 Å². The lowest BCUT2D eigenvalue weighted by atomic mass is 10.1. The molecule has 0 rings (SSSR count). The molecule has 0 saturated heterocycles. The Morgan fingerprint density at radius 3 is 2.50 bits per heavy atom. The largest absolute Gasteiger partial charge is 0.313 e. The molecule has 0 aromatic rings. The van der Waals surface area contributed by atoms with Gasteiger partial charge in [0.05, 0.1) is 6.07 Å². The average molecular weight is 141 g/mol. The van der Waals surface area contributed by atoms with Crippen molar-refractivity contribution in [2.24, 2.45) is 5.73 Å². The van der Waals surface area contributed by atoms with E-state index >= 15 is 0 Å². The molecular weight excluding hydrogens is 126 g/mol. The Morgan fingerprint density at radius 2 is 2.20 bits per heavy atom. The number of nitrogens with zero attached hydrogens (tertiary/aromatic N) is 2. The second-order valence-electron chi connectivity index (χ2n) is 2.86. The fourth-order valence-electron chi connectivity index (χ4n) is 0.708. The summed E-state index contributed by atoms with van der Waals surface area (Å²) in [5.41, 5.74) is 4.89. The number of rotatable bonds is 3. The third kappa shape index (κ3) is 3.44. The van der Waals surface area contributed by atoms with Crippen LogP contribution in [0.4, 0.5) is 0 Å². The molecule has 0 amide bonds. The highest BCUT2D eigenvalue weighted by molar-refractivity contribution is 5.02. The van der Waals surface area contributed by atoms with Crippen LogP contribution in [-0.4, -0.2) is 30.6 Å². The topological polar surface area (TPSA) is 53.0 Å². The summed E-state index contributed by atoms with van der Waals surface area (Å²) >= 11 is 0. The summed E-state index contributed by atoms with van der Waals surface area (Å²) in [4.78, 5) is 2.02. The average Bonchev–Trinajstić information content (AvgIpc) is 1.87. The molecule has 1 unspecified atom stereocenters. The predicted molar refractivity (Wildman–Crippen MR) is 41.4 cm³/mol. The maximum Gasteiger partial charge on any atom is 0.114 e. The molecule has 0 bridgehead atoms. The number of hydrogen-bond acceptors (Lipinski definition) is 3. The fraction of sp³-hybridized carbons (Fsp3) is 0.857. The summed E-state index contributed by atoms with van der Waals surface area (Å²) < 4.78 is 0. The van der Waals surface area contributed by atoms with Crippen LogP contribution in [0.3, 0.4) is 0 Å². The van der Waals surface area contributed by atoms with Crippen LogP contribution >= 0.6 is 0 Å². The third-order valence-electron chi connectivity index (χ3n) is 1.39. The monoisotopic (exact) mass is 141 g/mol. The van der Waals surface area contributed by atoms with Crippen molar-refractivity contribution < 1.29 is 0 Å². The summed E-state index contributed by atoms with van der Waals surface area (Å²) in [6.45, 7) is 5.32. The first-order valence-electron chi connectivity index (χ1n) is 3.40. The Kier molecular flexibility index (Phi) is 3.34. The highest BCUT2D eigenvalue weighted by Gasteiger charge is 2.18. The van der Waals surface area contributed by atoms with Crippen molar-refractivity contribution in [3.05, 3.63) is 0 Å². The number of hydrogen-bond donors (Lipinski definition) is 1. The quantitative estimate of drug-likeness (QED) is 0.610. The number of nitrogens with two attached hydrogens (primary N) is 1. The van der Waals surface area contributed by atoms with Crippen molar-refractivity contribution in [3.63, 3.8) is 0 Å². The highest BCUT2D eigenvalue weighted by atomic mass is 15.1. The van der Waals surface area contributed by atoms with Gasteiger partial charge in [-0.1, -0.05) is 6.92 Å². The molecule has 0 saturated carbocycles. The molecule has 0 aromatic heterocycles. The van der Waals surface area contributed by atoms with Crippen LogP contribution in [0, 0.1) is 11.3 Å². The highest BCUT2D eigenvalue weighted by Crippen LogP contribution is 1.98. The van der Waals surface area contributed by atoms with Crippen LogP contribution in [-0.2, 0) is 0 Å². The second kappa shape index (κ2) is 3.55. The maximum atomic E-state index is 8.54. The third-order valence-corrected chi connectivity index (χ3v) is 1.39. The standard InChI is InChI=1S/C7H15N3/c1-4-10(3)6-7(2,9)5-8/h4,6,9H2,1-3H3. The molecule has 0 fully saturated rings. The zero-order valence-electron chi connectivity index (χ0n) is 6.89. The van der Waals surface area contributed by atoms with Gasteiger partial charge in [0.15, 0.2) is 0 Å². The number of nitriles is 1. The van der Waals surface area contributed by atoms with E-state index < -0.39 is 5.54 Å². The van der Waals surface area contributed by atoms with Gasteiger partial charge in [0, 0.05) is 6.54 Å². The van der Waals surface area contributed by atoms with Crippen LogP contribution < -0.4 is 5.73 Å². The van der Waals surface area contributed by atoms with Gasteiger partial charge in [0.1, 0.15) is 5.54 Å². The van der Waals surface area contributed by atoms with E-state index in [4.69, 9.17) is 11.0 Å². The minimum atomic E-state index is -0.704. The molecule has 58 valence electrons. The minimum Gasteiger partial charge on any atom is -0.313 e. The van der Waals surface area contributed by atoms with Gasteiger partial charge >= 0.3 is 0 Å². The second-order valence-corrected chi connectivity index (χ2v) is 2.86. The first-order valence-corrected chi connectivity index (χ1v) is 3.40. The van der Waals surface area contributed by atoms with E-state index in [1.54, 1.807) is 6.92 Å². The van der Waals surface area contributed by atoms with Crippen molar-refractivity contribution in [1.29, 1.82) is 5.26 Å². The summed E-state index contributed by atoms with van der Waals surface area (Å²) in [6, 6.07) is 2.04. The molecule has 0 aliphatic carbocycles. The van der Waals surface area contributed by atoms with E-state index in [1.165, 1.54) is 0 Å². The van der Waals surface area contributed by atoms with Gasteiger partial charge in [0.25, 0.3) is 0 Å². The molecule has 3 heteroatoms. The lowest BCUT2D eigenvalue weighted by molar-refractivity contribution is 0.303.